The predicted octanol–water partition coefficient (Wildman–Crippen LogP) is 8.09. The standard InChI is InChI=1S/C19H18N6.C17H17Cl2N5/c1-11-9-12(2)23-18-15(11)17(20)24-19(25-18)22-10-14-6-3-5-13-7-4-8-21-16(13)14;1-8-6-9(2)21-16-14(8)15(20)23-17(24-16)22-10(3)12-5-4-11(18)7-13(12)19/h3-9H,10H2,1-2H3,(H3,20,22,23,24,25);4-7,10H,1-3H3,(H3,20,21,22,23,24). The average molecular weight is 693 g/mol. The fraction of sp³-hybridized carbons (Fsp3) is 0.194. The van der Waals surface area contributed by atoms with Gasteiger partial charge in [0.1, 0.15) is 11.6 Å². The largest absolute Gasteiger partial charge is 0.383 e. The average Bonchev–Trinajstić information content (AvgIpc) is 3.03. The summed E-state index contributed by atoms with van der Waals surface area (Å²) < 4.78 is 0. The van der Waals surface area contributed by atoms with Crippen molar-refractivity contribution in [1.29, 1.82) is 0 Å². The minimum atomic E-state index is -0.113. The molecule has 0 saturated heterocycles. The van der Waals surface area contributed by atoms with Crippen molar-refractivity contribution in [2.45, 2.75) is 47.2 Å². The molecule has 7 rings (SSSR count). The van der Waals surface area contributed by atoms with E-state index in [1.54, 1.807) is 18.3 Å². The number of nitrogen functional groups attached to an aromatic ring is 2. The van der Waals surface area contributed by atoms with E-state index in [4.69, 9.17) is 34.7 Å². The summed E-state index contributed by atoms with van der Waals surface area (Å²) in [4.78, 5) is 31.1. The summed E-state index contributed by atoms with van der Waals surface area (Å²) >= 11 is 12.2. The van der Waals surface area contributed by atoms with Gasteiger partial charge in [-0.05, 0) is 87.2 Å². The number of pyridine rings is 3. The summed E-state index contributed by atoms with van der Waals surface area (Å²) in [5, 5.41) is 10.3. The van der Waals surface area contributed by atoms with E-state index < -0.39 is 0 Å². The van der Waals surface area contributed by atoms with Gasteiger partial charge in [0.05, 0.1) is 22.3 Å². The number of hydrogen-bond donors (Lipinski definition) is 4. The Hall–Kier alpha value is -5.39. The minimum Gasteiger partial charge on any atom is -0.383 e. The topological polar surface area (TPSA) is 166 Å². The third-order valence-electron chi connectivity index (χ3n) is 7.97. The molecule has 248 valence electrons. The van der Waals surface area contributed by atoms with E-state index >= 15 is 0 Å². The van der Waals surface area contributed by atoms with E-state index in [-0.39, 0.29) is 6.04 Å². The number of nitrogens with two attached hydrogens (primary N) is 2. The zero-order valence-electron chi connectivity index (χ0n) is 27.7. The first kappa shape index (κ1) is 33.5. The molecule has 0 aliphatic rings. The number of nitrogens with one attached hydrogen (secondary N) is 2. The van der Waals surface area contributed by atoms with Crippen LogP contribution in [-0.4, -0.2) is 34.9 Å². The number of fused-ring (bicyclic) bond motifs is 3. The van der Waals surface area contributed by atoms with Gasteiger partial charge in [-0.15, -0.1) is 0 Å². The molecule has 0 spiro atoms. The van der Waals surface area contributed by atoms with Gasteiger partial charge in [0.25, 0.3) is 0 Å². The Kier molecular flexibility index (Phi) is 9.57. The van der Waals surface area contributed by atoms with Crippen molar-refractivity contribution in [3.63, 3.8) is 0 Å². The van der Waals surface area contributed by atoms with E-state index in [0.717, 1.165) is 55.3 Å². The highest BCUT2D eigenvalue weighted by molar-refractivity contribution is 6.35. The quantitative estimate of drug-likeness (QED) is 0.133. The molecular formula is C36H35Cl2N11. The lowest BCUT2D eigenvalue weighted by Crippen LogP contribution is -2.12. The highest BCUT2D eigenvalue weighted by Gasteiger charge is 2.15. The van der Waals surface area contributed by atoms with Gasteiger partial charge in [-0.25, -0.2) is 9.97 Å². The Morgan fingerprint density at radius 1 is 0.714 bits per heavy atom. The maximum absolute atomic E-state index is 6.26. The monoisotopic (exact) mass is 691 g/mol. The summed E-state index contributed by atoms with van der Waals surface area (Å²) in [5.41, 5.74) is 20.2. The maximum Gasteiger partial charge on any atom is 0.227 e. The molecular weight excluding hydrogens is 657 g/mol. The second-order valence-corrected chi connectivity index (χ2v) is 12.6. The van der Waals surface area contributed by atoms with Crippen LogP contribution in [0.1, 0.15) is 46.6 Å². The van der Waals surface area contributed by atoms with Crippen molar-refractivity contribution in [3.05, 3.63) is 111 Å². The van der Waals surface area contributed by atoms with Gasteiger partial charge in [-0.3, -0.25) is 4.98 Å². The van der Waals surface area contributed by atoms with E-state index in [1.807, 2.05) is 83.1 Å². The Balaban J connectivity index is 0.000000170. The molecule has 0 aliphatic carbocycles. The number of nitrogens with zero attached hydrogens (tertiary/aromatic N) is 7. The van der Waals surface area contributed by atoms with Gasteiger partial charge in [0, 0.05) is 39.6 Å². The zero-order chi connectivity index (χ0) is 34.8. The molecule has 6 N–H and O–H groups in total. The van der Waals surface area contributed by atoms with Crippen LogP contribution in [0.3, 0.4) is 0 Å². The van der Waals surface area contributed by atoms with Crippen molar-refractivity contribution in [1.82, 2.24) is 34.9 Å². The number of anilines is 4. The van der Waals surface area contributed by atoms with Gasteiger partial charge in [0.2, 0.25) is 11.9 Å². The number of hydrogen-bond acceptors (Lipinski definition) is 11. The van der Waals surface area contributed by atoms with Crippen LogP contribution >= 0.6 is 23.2 Å². The van der Waals surface area contributed by atoms with Crippen LogP contribution < -0.4 is 22.1 Å². The van der Waals surface area contributed by atoms with Crippen LogP contribution in [-0.2, 0) is 6.54 Å². The fourth-order valence-corrected chi connectivity index (χ4v) is 6.34. The van der Waals surface area contributed by atoms with Crippen molar-refractivity contribution in [2.75, 3.05) is 22.1 Å². The number of para-hydroxylation sites is 1. The third kappa shape index (κ3) is 7.38. The molecule has 7 aromatic rings. The summed E-state index contributed by atoms with van der Waals surface area (Å²) in [6.45, 7) is 10.4. The minimum absolute atomic E-state index is 0.113. The number of benzene rings is 2. The predicted molar refractivity (Wildman–Crippen MR) is 200 cm³/mol. The first-order valence-electron chi connectivity index (χ1n) is 15.6. The first-order chi connectivity index (χ1) is 23.5. The molecule has 49 heavy (non-hydrogen) atoms. The van der Waals surface area contributed by atoms with Crippen LogP contribution in [0.15, 0.2) is 66.9 Å². The second kappa shape index (κ2) is 14.0. The lowest BCUT2D eigenvalue weighted by atomic mass is 10.1. The third-order valence-corrected chi connectivity index (χ3v) is 8.53. The Morgan fingerprint density at radius 2 is 1.33 bits per heavy atom. The normalized spacial score (nSPS) is 11.7. The highest BCUT2D eigenvalue weighted by Crippen LogP contribution is 2.29. The number of aromatic nitrogens is 7. The molecule has 1 unspecified atom stereocenters. The summed E-state index contributed by atoms with van der Waals surface area (Å²) in [6.07, 6.45) is 1.80. The Labute approximate surface area is 293 Å². The van der Waals surface area contributed by atoms with Gasteiger partial charge in [0.15, 0.2) is 11.3 Å². The first-order valence-corrected chi connectivity index (χ1v) is 16.3. The van der Waals surface area contributed by atoms with Gasteiger partial charge < -0.3 is 22.1 Å². The molecule has 0 amide bonds. The van der Waals surface area contributed by atoms with E-state index in [9.17, 15) is 0 Å². The smallest absolute Gasteiger partial charge is 0.227 e. The summed E-state index contributed by atoms with van der Waals surface area (Å²) in [7, 11) is 0. The van der Waals surface area contributed by atoms with Crippen LogP contribution in [0, 0.1) is 27.7 Å². The van der Waals surface area contributed by atoms with Gasteiger partial charge in [-0.2, -0.15) is 19.9 Å². The SMILES string of the molecule is Cc1cc(C)c2c(N)nc(NC(C)c3ccc(Cl)cc3Cl)nc2n1.Cc1cc(C)c2c(N)nc(NCc3cccc4cccnc34)nc2n1. The molecule has 0 radical (unpaired) electrons. The maximum atomic E-state index is 6.26. The Bertz CT molecular complexity index is 2340. The van der Waals surface area contributed by atoms with Gasteiger partial charge in [-0.1, -0.05) is 53.5 Å². The fourth-order valence-electron chi connectivity index (χ4n) is 5.77. The van der Waals surface area contributed by atoms with Crippen molar-refractivity contribution < 1.29 is 0 Å². The second-order valence-electron chi connectivity index (χ2n) is 11.8. The zero-order valence-corrected chi connectivity index (χ0v) is 29.2. The van der Waals surface area contributed by atoms with Crippen LogP contribution in [0.2, 0.25) is 10.0 Å². The molecule has 13 heteroatoms. The molecule has 0 saturated carbocycles. The molecule has 0 fully saturated rings. The lowest BCUT2D eigenvalue weighted by Gasteiger charge is -2.17. The summed E-state index contributed by atoms with van der Waals surface area (Å²) in [6, 6.07) is 19.3. The van der Waals surface area contributed by atoms with E-state index in [0.29, 0.717) is 51.4 Å². The van der Waals surface area contributed by atoms with Crippen LogP contribution in [0.25, 0.3) is 33.0 Å². The van der Waals surface area contributed by atoms with Crippen molar-refractivity contribution >= 4 is 79.7 Å². The van der Waals surface area contributed by atoms with Crippen LogP contribution in [0.4, 0.5) is 23.5 Å². The lowest BCUT2D eigenvalue weighted by molar-refractivity contribution is 0.863. The van der Waals surface area contributed by atoms with Crippen molar-refractivity contribution in [3.8, 4) is 0 Å². The van der Waals surface area contributed by atoms with Crippen molar-refractivity contribution in [2.24, 2.45) is 0 Å². The summed E-state index contributed by atoms with van der Waals surface area (Å²) in [5.74, 6) is 1.72. The van der Waals surface area contributed by atoms with E-state index in [1.165, 1.54) is 0 Å². The molecule has 0 bridgehead atoms. The molecule has 5 heterocycles. The molecule has 2 aromatic carbocycles. The van der Waals surface area contributed by atoms with Crippen LogP contribution in [0.5, 0.6) is 0 Å². The highest BCUT2D eigenvalue weighted by atomic mass is 35.5. The van der Waals surface area contributed by atoms with E-state index in [2.05, 4.69) is 45.5 Å². The number of aryl methyl sites for hydroxylation is 4. The number of halogens is 2. The molecule has 11 nitrogen and oxygen atoms in total. The molecule has 1 atom stereocenters. The number of rotatable bonds is 6. The molecule has 0 aliphatic heterocycles. The van der Waals surface area contributed by atoms with Gasteiger partial charge >= 0.3 is 0 Å². The Morgan fingerprint density at radius 3 is 1.98 bits per heavy atom. The molecule has 5 aromatic heterocycles.